The molecule has 6 nitrogen and oxygen atoms in total. The van der Waals surface area contributed by atoms with E-state index in [-0.39, 0.29) is 35.7 Å². The van der Waals surface area contributed by atoms with Crippen LogP contribution >= 0.6 is 0 Å². The van der Waals surface area contributed by atoms with Crippen molar-refractivity contribution in [3.05, 3.63) is 35.9 Å². The molecule has 0 aliphatic carbocycles. The van der Waals surface area contributed by atoms with Crippen LogP contribution in [-0.4, -0.2) is 47.8 Å². The highest BCUT2D eigenvalue weighted by Gasteiger charge is 2.48. The molecule has 2 heterocycles. The molecule has 1 aromatic carbocycles. The van der Waals surface area contributed by atoms with E-state index in [1.807, 2.05) is 18.2 Å². The van der Waals surface area contributed by atoms with Crippen LogP contribution in [0.2, 0.25) is 0 Å². The van der Waals surface area contributed by atoms with Gasteiger partial charge in [0.25, 0.3) is 0 Å². The zero-order chi connectivity index (χ0) is 17.2. The van der Waals surface area contributed by atoms with Gasteiger partial charge in [-0.15, -0.1) is 0 Å². The number of nitrogens with zero attached hydrogens (tertiary/aromatic N) is 1. The minimum Gasteiger partial charge on any atom is -0.350 e. The molecule has 0 bridgehead atoms. The Morgan fingerprint density at radius 2 is 1.92 bits per heavy atom. The second kappa shape index (κ2) is 6.63. The van der Waals surface area contributed by atoms with Crippen LogP contribution in [0.1, 0.15) is 37.7 Å². The molecule has 2 saturated heterocycles. The predicted octanol–water partition coefficient (Wildman–Crippen LogP) is 0.787. The summed E-state index contributed by atoms with van der Waals surface area (Å²) in [7, 11) is 0. The number of carbonyl (C=O) groups is 3. The van der Waals surface area contributed by atoms with E-state index >= 15 is 0 Å². The van der Waals surface area contributed by atoms with Gasteiger partial charge in [-0.3, -0.25) is 14.4 Å². The number of nitrogens with one attached hydrogen (secondary N) is 2. The van der Waals surface area contributed by atoms with Crippen LogP contribution in [0.5, 0.6) is 0 Å². The third kappa shape index (κ3) is 3.27. The first-order chi connectivity index (χ1) is 11.5. The van der Waals surface area contributed by atoms with E-state index in [9.17, 15) is 14.4 Å². The molecule has 0 aromatic heterocycles. The number of benzene rings is 1. The van der Waals surface area contributed by atoms with Gasteiger partial charge in [0.2, 0.25) is 17.7 Å². The van der Waals surface area contributed by atoms with E-state index in [1.54, 1.807) is 4.90 Å². The zero-order valence-electron chi connectivity index (χ0n) is 13.9. The molecule has 1 aromatic rings. The van der Waals surface area contributed by atoms with Gasteiger partial charge in [-0.2, -0.15) is 0 Å². The zero-order valence-corrected chi connectivity index (χ0v) is 13.9. The first kappa shape index (κ1) is 16.5. The van der Waals surface area contributed by atoms with Gasteiger partial charge in [-0.05, 0) is 18.4 Å². The van der Waals surface area contributed by atoms with Crippen LogP contribution in [0, 0.1) is 0 Å². The Morgan fingerprint density at radius 3 is 2.54 bits per heavy atom. The lowest BCUT2D eigenvalue weighted by Crippen LogP contribution is -2.55. The minimum absolute atomic E-state index is 0.0385. The van der Waals surface area contributed by atoms with Gasteiger partial charge in [0, 0.05) is 32.4 Å². The molecule has 1 spiro atoms. The average molecular weight is 329 g/mol. The van der Waals surface area contributed by atoms with Gasteiger partial charge in [0.15, 0.2) is 0 Å². The predicted molar refractivity (Wildman–Crippen MR) is 89.2 cm³/mol. The van der Waals surface area contributed by atoms with Crippen LogP contribution in [0.15, 0.2) is 30.3 Å². The Labute approximate surface area is 141 Å². The molecule has 3 amide bonds. The summed E-state index contributed by atoms with van der Waals surface area (Å²) in [6.07, 6.45) is 1.98. The lowest BCUT2D eigenvalue weighted by molar-refractivity contribution is -0.134. The van der Waals surface area contributed by atoms with Crippen LogP contribution in [0.4, 0.5) is 0 Å². The Morgan fingerprint density at radius 1 is 1.25 bits per heavy atom. The minimum atomic E-state index is -0.261. The summed E-state index contributed by atoms with van der Waals surface area (Å²) in [5, 5.41) is 5.73. The summed E-state index contributed by atoms with van der Waals surface area (Å²) < 4.78 is 0. The van der Waals surface area contributed by atoms with Crippen LogP contribution < -0.4 is 10.6 Å². The molecule has 0 unspecified atom stereocenters. The van der Waals surface area contributed by atoms with Crippen molar-refractivity contribution in [3.8, 4) is 0 Å². The van der Waals surface area contributed by atoms with Crippen molar-refractivity contribution in [2.24, 2.45) is 0 Å². The molecule has 2 N–H and O–H groups in total. The number of piperidine rings is 1. The van der Waals surface area contributed by atoms with E-state index in [0.717, 1.165) is 12.8 Å². The summed E-state index contributed by atoms with van der Waals surface area (Å²) in [5.74, 6) is -0.0367. The summed E-state index contributed by atoms with van der Waals surface area (Å²) in [4.78, 5) is 36.9. The van der Waals surface area contributed by atoms with Gasteiger partial charge in [-0.1, -0.05) is 30.3 Å². The van der Waals surface area contributed by atoms with Crippen LogP contribution in [-0.2, 0) is 14.4 Å². The molecule has 0 radical (unpaired) electrons. The SMILES string of the molecule is CC(=O)NCC(=O)N1CCC2(CC1)NC(=O)C[C@H]2c1ccccc1. The van der Waals surface area contributed by atoms with Crippen molar-refractivity contribution in [2.45, 2.75) is 37.6 Å². The molecule has 0 saturated carbocycles. The molecule has 24 heavy (non-hydrogen) atoms. The largest absolute Gasteiger partial charge is 0.350 e. The Bertz CT molecular complexity index is 636. The standard InChI is InChI=1S/C18H23N3O3/c1-13(22)19-12-17(24)21-9-7-18(8-10-21)15(11-16(23)20-18)14-5-3-2-4-6-14/h2-6,15H,7-12H2,1H3,(H,19,22)(H,20,23)/t15-/m0/s1. The third-order valence-electron chi connectivity index (χ3n) is 5.14. The maximum absolute atomic E-state index is 12.1. The van der Waals surface area contributed by atoms with E-state index in [4.69, 9.17) is 0 Å². The maximum atomic E-state index is 12.1. The molecule has 6 heteroatoms. The van der Waals surface area contributed by atoms with Gasteiger partial charge < -0.3 is 15.5 Å². The summed E-state index contributed by atoms with van der Waals surface area (Å²) >= 11 is 0. The Kier molecular flexibility index (Phi) is 4.55. The molecule has 2 aliphatic heterocycles. The first-order valence-corrected chi connectivity index (χ1v) is 8.38. The van der Waals surface area contributed by atoms with Crippen molar-refractivity contribution < 1.29 is 14.4 Å². The Hall–Kier alpha value is -2.37. The van der Waals surface area contributed by atoms with E-state index in [1.165, 1.54) is 12.5 Å². The summed E-state index contributed by atoms with van der Waals surface area (Å²) in [6.45, 7) is 2.64. The highest BCUT2D eigenvalue weighted by molar-refractivity contribution is 5.84. The molecule has 2 aliphatic rings. The van der Waals surface area contributed by atoms with Gasteiger partial charge in [0.1, 0.15) is 0 Å². The smallest absolute Gasteiger partial charge is 0.241 e. The normalized spacial score (nSPS) is 22.3. The van der Waals surface area contributed by atoms with E-state index < -0.39 is 0 Å². The molecule has 3 rings (SSSR count). The highest BCUT2D eigenvalue weighted by Crippen LogP contribution is 2.42. The van der Waals surface area contributed by atoms with Crippen molar-refractivity contribution >= 4 is 17.7 Å². The van der Waals surface area contributed by atoms with Crippen molar-refractivity contribution in [1.29, 1.82) is 0 Å². The number of hydrogen-bond donors (Lipinski definition) is 2. The molecule has 2 fully saturated rings. The van der Waals surface area contributed by atoms with Gasteiger partial charge in [0.05, 0.1) is 12.1 Å². The molecule has 1 atom stereocenters. The Balaban J connectivity index is 1.68. The summed E-state index contributed by atoms with van der Waals surface area (Å²) in [5.41, 5.74) is 0.914. The third-order valence-corrected chi connectivity index (χ3v) is 5.14. The average Bonchev–Trinajstić information content (AvgIpc) is 2.90. The number of amides is 3. The number of likely N-dealkylation sites (tertiary alicyclic amines) is 1. The molecular weight excluding hydrogens is 306 g/mol. The first-order valence-electron chi connectivity index (χ1n) is 8.38. The van der Waals surface area contributed by atoms with E-state index in [0.29, 0.717) is 19.5 Å². The van der Waals surface area contributed by atoms with Gasteiger partial charge in [-0.25, -0.2) is 0 Å². The van der Waals surface area contributed by atoms with Crippen LogP contribution in [0.3, 0.4) is 0 Å². The number of hydrogen-bond acceptors (Lipinski definition) is 3. The van der Waals surface area contributed by atoms with Gasteiger partial charge >= 0.3 is 0 Å². The fourth-order valence-electron chi connectivity index (χ4n) is 3.86. The molecule has 128 valence electrons. The number of rotatable bonds is 3. The lowest BCUT2D eigenvalue weighted by atomic mass is 9.74. The van der Waals surface area contributed by atoms with Crippen molar-refractivity contribution in [3.63, 3.8) is 0 Å². The highest BCUT2D eigenvalue weighted by atomic mass is 16.2. The second-order valence-electron chi connectivity index (χ2n) is 6.66. The van der Waals surface area contributed by atoms with Crippen LogP contribution in [0.25, 0.3) is 0 Å². The monoisotopic (exact) mass is 329 g/mol. The summed E-state index contributed by atoms with van der Waals surface area (Å²) in [6, 6.07) is 10.1. The van der Waals surface area contributed by atoms with E-state index in [2.05, 4.69) is 22.8 Å². The van der Waals surface area contributed by atoms with Crippen molar-refractivity contribution in [2.75, 3.05) is 19.6 Å². The maximum Gasteiger partial charge on any atom is 0.241 e. The fourth-order valence-corrected chi connectivity index (χ4v) is 3.86. The fraction of sp³-hybridized carbons (Fsp3) is 0.500. The topological polar surface area (TPSA) is 78.5 Å². The number of carbonyl (C=O) groups excluding carboxylic acids is 3. The second-order valence-corrected chi connectivity index (χ2v) is 6.66. The van der Waals surface area contributed by atoms with Crippen molar-refractivity contribution in [1.82, 2.24) is 15.5 Å². The quantitative estimate of drug-likeness (QED) is 0.860. The lowest BCUT2D eigenvalue weighted by Gasteiger charge is -2.43. The molecular formula is C18H23N3O3.